The maximum atomic E-state index is 14.2. The van der Waals surface area contributed by atoms with E-state index >= 15 is 0 Å². The third-order valence-corrected chi connectivity index (χ3v) is 26.7. The van der Waals surface area contributed by atoms with Crippen molar-refractivity contribution >= 4 is 35.4 Å². The Hall–Kier alpha value is -4.42. The van der Waals surface area contributed by atoms with Gasteiger partial charge >= 0.3 is 0 Å². The summed E-state index contributed by atoms with van der Waals surface area (Å²) in [6, 6.07) is -2.61. The van der Waals surface area contributed by atoms with Crippen molar-refractivity contribution in [2.24, 2.45) is 23.7 Å². The van der Waals surface area contributed by atoms with Crippen molar-refractivity contribution in [1.82, 2.24) is 31.1 Å². The quantitative estimate of drug-likeness (QED) is 0.0224. The van der Waals surface area contributed by atoms with Crippen molar-refractivity contribution in [2.75, 3.05) is 198 Å². The largest absolute Gasteiger partial charge is 0.394 e. The Morgan fingerprint density at radius 1 is 0.336 bits per heavy atom. The first-order chi connectivity index (χ1) is 64.9. The molecule has 16 unspecified atom stereocenters. The Balaban J connectivity index is 0.518. The second-order valence-corrected chi connectivity index (χ2v) is 37.0. The van der Waals surface area contributed by atoms with Gasteiger partial charge in [-0.25, -0.2) is 0 Å². The van der Waals surface area contributed by atoms with E-state index in [1.165, 1.54) is 0 Å². The number of carbonyl (C=O) groups excluding carboxylic acids is 6. The lowest BCUT2D eigenvalue weighted by atomic mass is 9.84. The van der Waals surface area contributed by atoms with Crippen LogP contribution >= 0.6 is 0 Å². The lowest BCUT2D eigenvalue weighted by molar-refractivity contribution is -0.336. The molecule has 10 aliphatic rings. The number of nitrogens with one attached hydrogen (secondary N) is 4. The Labute approximate surface area is 786 Å². The molecule has 0 aromatic carbocycles. The minimum Gasteiger partial charge on any atom is -0.394 e. The van der Waals surface area contributed by atoms with E-state index in [2.05, 4.69) is 21.3 Å². The van der Waals surface area contributed by atoms with E-state index in [1.54, 1.807) is 23.6 Å². The number of amides is 6. The molecule has 10 rings (SSSR count). The van der Waals surface area contributed by atoms with Gasteiger partial charge in [0.1, 0.15) is 111 Å². The molecule has 6 amide bonds. The molecule has 4 saturated carbocycles. The fourth-order valence-corrected chi connectivity index (χ4v) is 18.5. The molecule has 0 aromatic heterocycles. The minimum atomic E-state index is -1.59. The molecule has 0 aromatic rings. The van der Waals surface area contributed by atoms with Crippen molar-refractivity contribution in [1.29, 1.82) is 0 Å². The second-order valence-electron chi connectivity index (χ2n) is 37.0. The zero-order chi connectivity index (χ0) is 95.7. The number of carbonyl (C=O) groups is 6. The van der Waals surface area contributed by atoms with Gasteiger partial charge in [0.25, 0.3) is 11.8 Å². The molecule has 6 heterocycles. The molecule has 43 nitrogen and oxygen atoms in total. The highest BCUT2D eigenvalue weighted by molar-refractivity contribution is 5.86. The second kappa shape index (κ2) is 60.8. The summed E-state index contributed by atoms with van der Waals surface area (Å²) in [6.07, 6.45) is -13.4. The van der Waals surface area contributed by atoms with Crippen LogP contribution in [0.3, 0.4) is 0 Å². The van der Waals surface area contributed by atoms with Gasteiger partial charge in [0, 0.05) is 26.2 Å². The van der Waals surface area contributed by atoms with E-state index in [0.717, 1.165) is 83.5 Å². The fraction of sp³-hybridized carbons (Fsp3) is 0.934. The summed E-state index contributed by atoms with van der Waals surface area (Å²) < 4.78 is 125. The Morgan fingerprint density at radius 3 is 1.04 bits per heavy atom. The molecule has 0 bridgehead atoms. The van der Waals surface area contributed by atoms with Crippen LogP contribution in [0, 0.1) is 23.7 Å². The SMILES string of the molecule is CC1CCC[C@@H](O[C@@H]2OC(CO)[C@H](O)C(O[C@@H](CC3CCCCC3)C(=O)N3CCC3)C2NC(=O)CNC(=O)COCCOCCOCCOCCOCCOCCOCCOCCOCCOCCOCC(=O)NCC(=O)NC2C(O[C@@H](CC3CCCCC3)C(=O)N3CCC3)[C@@H](O)C(CO)O[C@H]2O[C@@H]2CCCC(C)C2O[C@@H]2OC(C)[C@@H](O)C(O)C2O)C(O[C@@H]2OC(C)[C@@H](O)C(O)C2O)C1. The fourth-order valence-electron chi connectivity index (χ4n) is 18.5. The Morgan fingerprint density at radius 2 is 0.679 bits per heavy atom. The molecule has 28 atom stereocenters. The van der Waals surface area contributed by atoms with Gasteiger partial charge in [0.05, 0.1) is 195 Å². The van der Waals surface area contributed by atoms with Gasteiger partial charge < -0.3 is 182 Å². The molecular weight excluding hydrogens is 1770 g/mol. The summed E-state index contributed by atoms with van der Waals surface area (Å²) in [7, 11) is 0. The number of nitrogens with zero attached hydrogens (tertiary/aromatic N) is 2. The average Bonchev–Trinajstić information content (AvgIpc) is 0.960. The predicted octanol–water partition coefficient (Wildman–Crippen LogP) is -2.33. The molecule has 14 N–H and O–H groups in total. The third kappa shape index (κ3) is 36.2. The maximum absolute atomic E-state index is 14.2. The zero-order valence-electron chi connectivity index (χ0n) is 78.8. The highest BCUT2D eigenvalue weighted by atomic mass is 16.8. The summed E-state index contributed by atoms with van der Waals surface area (Å²) in [6.45, 7) is 11.9. The van der Waals surface area contributed by atoms with E-state index in [9.17, 15) is 79.8 Å². The van der Waals surface area contributed by atoms with Crippen LogP contribution in [0.25, 0.3) is 0 Å². The third-order valence-electron chi connectivity index (χ3n) is 26.7. The van der Waals surface area contributed by atoms with Crippen LogP contribution in [0.2, 0.25) is 0 Å². The number of hydrogen-bond acceptors (Lipinski definition) is 37. The maximum Gasteiger partial charge on any atom is 0.251 e. The van der Waals surface area contributed by atoms with Crippen molar-refractivity contribution in [3.05, 3.63) is 0 Å². The van der Waals surface area contributed by atoms with Gasteiger partial charge in [-0.05, 0) is 88.9 Å². The van der Waals surface area contributed by atoms with Crippen LogP contribution < -0.4 is 21.3 Å². The normalized spacial score (nSPS) is 33.4. The van der Waals surface area contributed by atoms with Gasteiger partial charge in [0.2, 0.25) is 23.6 Å². The highest BCUT2D eigenvalue weighted by Gasteiger charge is 2.55. The minimum absolute atomic E-state index is 0.0655. The lowest BCUT2D eigenvalue weighted by Gasteiger charge is -2.48. The summed E-state index contributed by atoms with van der Waals surface area (Å²) in [5.41, 5.74) is 0. The van der Waals surface area contributed by atoms with Crippen LogP contribution in [0.1, 0.15) is 163 Å². The van der Waals surface area contributed by atoms with E-state index in [-0.39, 0.29) is 88.3 Å². The molecule has 43 heteroatoms. The molecule has 6 saturated heterocycles. The predicted molar refractivity (Wildman–Crippen MR) is 469 cm³/mol. The van der Waals surface area contributed by atoms with E-state index in [0.29, 0.717) is 157 Å². The zero-order valence-corrected chi connectivity index (χ0v) is 78.8. The molecule has 4 aliphatic carbocycles. The highest BCUT2D eigenvalue weighted by Crippen LogP contribution is 2.40. The summed E-state index contributed by atoms with van der Waals surface area (Å²) in [4.78, 5) is 85.7. The van der Waals surface area contributed by atoms with Crippen LogP contribution in [-0.4, -0.2) is 453 Å². The molecule has 0 spiro atoms. The van der Waals surface area contributed by atoms with Gasteiger partial charge in [-0.3, -0.25) is 28.8 Å². The van der Waals surface area contributed by atoms with Crippen molar-refractivity contribution in [3.8, 4) is 0 Å². The monoisotopic (exact) mass is 1930 g/mol. The standard InChI is InChI=1S/C91H158N6O37/c1-56-15-11-21-62(64(47-56)131-90-81(110)79(108)75(104)58(3)125-90)129-88-73(84(77(106)67(52-98)132-88)127-65(86(112)96-23-13-24-96)48-60-17-7-5-8-18-60)94-69(100)50-92-71(102)54-123-45-43-121-41-39-119-37-35-117-33-31-115-29-27-114-28-30-116-32-34-118-36-38-120-40-42-122-44-46-124-55-72(103)93-51-70(101)95-74-85(128-66(87(113)97-25-14-26-97)49-61-19-9-6-10-20-61)78(107)68(53-99)133-89(74)130-63-22-12-16-57(2)83(63)134-91-82(111)80(109)76(105)59(4)126-91/h56-68,73-85,88-91,98-99,104-111H,5-55H2,1-4H3,(H,92,102)(H,93,103)(H,94,100)(H,95,101)/t56?,57?,58?,59?,62-,63-,64?,65+,66+,67?,68?,73?,74?,75-,76-,77+,78+,79?,80?,81?,82?,83?,84?,85?,88-,89-,90+,91+/m1/s1. The molecule has 6 aliphatic heterocycles. The molecule has 134 heavy (non-hydrogen) atoms. The Kier molecular flexibility index (Phi) is 50.6. The van der Waals surface area contributed by atoms with Crippen molar-refractivity contribution in [2.45, 2.75) is 322 Å². The molecule has 774 valence electrons. The van der Waals surface area contributed by atoms with Gasteiger partial charge in [-0.15, -0.1) is 0 Å². The Bertz CT molecular complexity index is 3310. The van der Waals surface area contributed by atoms with Crippen molar-refractivity contribution in [3.63, 3.8) is 0 Å². The number of ether oxygens (including phenoxy) is 21. The number of aliphatic hydroxyl groups is 10. The van der Waals surface area contributed by atoms with Crippen molar-refractivity contribution < 1.29 is 179 Å². The van der Waals surface area contributed by atoms with Crippen LogP contribution in [0.4, 0.5) is 0 Å². The first-order valence-corrected chi connectivity index (χ1v) is 49.2. The summed E-state index contributed by atoms with van der Waals surface area (Å²) in [5, 5.41) is 120. The lowest BCUT2D eigenvalue weighted by Crippen LogP contribution is -2.68. The van der Waals surface area contributed by atoms with E-state index in [1.807, 2.05) is 13.8 Å². The summed E-state index contributed by atoms with van der Waals surface area (Å²) in [5.74, 6) is -2.80. The smallest absolute Gasteiger partial charge is 0.251 e. The van der Waals surface area contributed by atoms with E-state index in [4.69, 9.17) is 99.5 Å². The first kappa shape index (κ1) is 112. The van der Waals surface area contributed by atoms with Crippen LogP contribution in [-0.2, 0) is 128 Å². The van der Waals surface area contributed by atoms with Crippen LogP contribution in [0.15, 0.2) is 0 Å². The van der Waals surface area contributed by atoms with Gasteiger partial charge in [-0.1, -0.05) is 97.3 Å². The van der Waals surface area contributed by atoms with Gasteiger partial charge in [0.15, 0.2) is 25.2 Å². The number of likely N-dealkylation sites (tertiary alicyclic amines) is 2. The summed E-state index contributed by atoms with van der Waals surface area (Å²) >= 11 is 0. The number of hydrogen-bond donors (Lipinski definition) is 14. The first-order valence-electron chi connectivity index (χ1n) is 49.2. The average molecular weight is 1930 g/mol. The molecular formula is C91H158N6O37. The molecule has 10 fully saturated rings. The topological polar surface area (TPSA) is 553 Å². The van der Waals surface area contributed by atoms with Crippen LogP contribution in [0.5, 0.6) is 0 Å². The van der Waals surface area contributed by atoms with E-state index < -0.39 is 222 Å². The molecule has 0 radical (unpaired) electrons. The number of rotatable bonds is 60. The van der Waals surface area contributed by atoms with Gasteiger partial charge in [-0.2, -0.15) is 0 Å². The number of aliphatic hydroxyl groups excluding tert-OH is 10.